The first-order chi connectivity index (χ1) is 15.4. The van der Waals surface area contributed by atoms with Crippen molar-refractivity contribution in [2.24, 2.45) is 0 Å². The smallest absolute Gasteiger partial charge is 0.124 e. The molecule has 0 amide bonds. The molecule has 5 heteroatoms. The lowest BCUT2D eigenvalue weighted by Crippen LogP contribution is -2.22. The zero-order chi connectivity index (χ0) is 23.6. The summed E-state index contributed by atoms with van der Waals surface area (Å²) in [4.78, 5) is 0. The van der Waals surface area contributed by atoms with Crippen LogP contribution < -0.4 is 9.47 Å². The normalized spacial score (nSPS) is 12.4. The fourth-order valence-corrected chi connectivity index (χ4v) is 3.44. The van der Waals surface area contributed by atoms with Gasteiger partial charge in [0.1, 0.15) is 18.1 Å². The van der Waals surface area contributed by atoms with Crippen LogP contribution in [0, 0.1) is 0 Å². The quantitative estimate of drug-likeness (QED) is 0.397. The molecule has 32 heavy (non-hydrogen) atoms. The summed E-state index contributed by atoms with van der Waals surface area (Å²) in [5.41, 5.74) is 3.63. The molecule has 3 N–H and O–H groups in total. The highest BCUT2D eigenvalue weighted by Gasteiger charge is 2.17. The molecule has 0 fully saturated rings. The minimum atomic E-state index is -0.781. The number of methoxy groups -OCH3 is 1. The zero-order valence-corrected chi connectivity index (χ0v) is 19.6. The van der Waals surface area contributed by atoms with Crippen LogP contribution in [0.1, 0.15) is 62.3 Å². The molecular formula is C27H36O5. The standard InChI is InChI=1S/C27H36O5/c1-5-21(9-8-12-27(30,6-2)7-3)23-14-25(31-4)16-26(15-23)32-19-20-10-11-22(17-28)24(13-20)18-29/h8-16,28-30H,5-7,17-19H2,1-4H3/b12-8+,21-9-. The maximum atomic E-state index is 10.5. The lowest BCUT2D eigenvalue weighted by molar-refractivity contribution is 0.0828. The molecule has 2 aromatic carbocycles. The van der Waals surface area contributed by atoms with Gasteiger partial charge in [0, 0.05) is 6.07 Å². The monoisotopic (exact) mass is 440 g/mol. The summed E-state index contributed by atoms with van der Waals surface area (Å²) in [7, 11) is 1.63. The topological polar surface area (TPSA) is 79.2 Å². The molecule has 0 aliphatic rings. The van der Waals surface area contributed by atoms with Crippen molar-refractivity contribution in [3.05, 3.63) is 76.9 Å². The first-order valence-corrected chi connectivity index (χ1v) is 11.2. The maximum absolute atomic E-state index is 10.5. The summed E-state index contributed by atoms with van der Waals surface area (Å²) >= 11 is 0. The molecule has 0 radical (unpaired) electrons. The lowest BCUT2D eigenvalue weighted by Gasteiger charge is -2.20. The van der Waals surface area contributed by atoms with E-state index < -0.39 is 5.60 Å². The predicted molar refractivity (Wildman–Crippen MR) is 129 cm³/mol. The third-order valence-corrected chi connectivity index (χ3v) is 5.81. The Morgan fingerprint density at radius 3 is 2.22 bits per heavy atom. The molecule has 2 aromatic rings. The Balaban J connectivity index is 2.26. The molecule has 0 aliphatic heterocycles. The van der Waals surface area contributed by atoms with Crippen LogP contribution in [0.4, 0.5) is 0 Å². The lowest BCUT2D eigenvalue weighted by atomic mass is 9.96. The van der Waals surface area contributed by atoms with Gasteiger partial charge in [-0.2, -0.15) is 0 Å². The van der Waals surface area contributed by atoms with Crippen LogP contribution in [0.5, 0.6) is 11.5 Å². The van der Waals surface area contributed by atoms with E-state index in [9.17, 15) is 15.3 Å². The average Bonchev–Trinajstić information content (AvgIpc) is 2.84. The number of hydrogen-bond acceptors (Lipinski definition) is 5. The second-order valence-corrected chi connectivity index (χ2v) is 7.82. The number of hydrogen-bond donors (Lipinski definition) is 3. The second kappa shape index (κ2) is 12.4. The van der Waals surface area contributed by atoms with E-state index >= 15 is 0 Å². The summed E-state index contributed by atoms with van der Waals surface area (Å²) in [6.45, 7) is 6.14. The second-order valence-electron chi connectivity index (χ2n) is 7.82. The SMILES string of the molecule is CC/C(=C/C=C/C(O)(CC)CC)c1cc(OC)cc(OCc2ccc(CO)c(CO)c2)c1. The summed E-state index contributed by atoms with van der Waals surface area (Å²) in [5.74, 6) is 1.38. The molecule has 0 bridgehead atoms. The number of aliphatic hydroxyl groups is 3. The van der Waals surface area contributed by atoms with Gasteiger partial charge in [0.25, 0.3) is 0 Å². The Morgan fingerprint density at radius 1 is 0.938 bits per heavy atom. The number of aliphatic hydroxyl groups excluding tert-OH is 2. The predicted octanol–water partition coefficient (Wildman–Crippen LogP) is 5.16. The molecule has 0 atom stereocenters. The first kappa shape index (κ1) is 25.7. The summed E-state index contributed by atoms with van der Waals surface area (Å²) in [5, 5.41) is 29.3. The van der Waals surface area contributed by atoms with Crippen LogP contribution in [0.2, 0.25) is 0 Å². The van der Waals surface area contributed by atoms with E-state index in [1.54, 1.807) is 13.2 Å². The van der Waals surface area contributed by atoms with E-state index in [4.69, 9.17) is 9.47 Å². The van der Waals surface area contributed by atoms with Gasteiger partial charge in [0.2, 0.25) is 0 Å². The van der Waals surface area contributed by atoms with Gasteiger partial charge in [-0.3, -0.25) is 0 Å². The van der Waals surface area contributed by atoms with E-state index in [0.717, 1.165) is 23.1 Å². The number of ether oxygens (including phenoxy) is 2. The van der Waals surface area contributed by atoms with Crippen molar-refractivity contribution in [3.8, 4) is 11.5 Å². The van der Waals surface area contributed by atoms with Crippen molar-refractivity contribution in [1.29, 1.82) is 0 Å². The largest absolute Gasteiger partial charge is 0.497 e. The third-order valence-electron chi connectivity index (χ3n) is 5.81. The van der Waals surface area contributed by atoms with Gasteiger partial charge in [-0.1, -0.05) is 51.1 Å². The van der Waals surface area contributed by atoms with Crippen LogP contribution >= 0.6 is 0 Å². The first-order valence-electron chi connectivity index (χ1n) is 11.2. The molecule has 0 aliphatic carbocycles. The Hall–Kier alpha value is -2.60. The van der Waals surface area contributed by atoms with E-state index in [1.807, 2.05) is 62.4 Å². The minimum Gasteiger partial charge on any atom is -0.497 e. The Bertz CT molecular complexity index is 926. The van der Waals surface area contributed by atoms with Crippen molar-refractivity contribution in [1.82, 2.24) is 0 Å². The van der Waals surface area contributed by atoms with Crippen LogP contribution in [0.25, 0.3) is 5.57 Å². The fraction of sp³-hybridized carbons (Fsp3) is 0.407. The van der Waals surface area contributed by atoms with Gasteiger partial charge in [-0.15, -0.1) is 0 Å². The highest BCUT2D eigenvalue weighted by Crippen LogP contribution is 2.30. The zero-order valence-electron chi connectivity index (χ0n) is 19.6. The number of allylic oxidation sites excluding steroid dienone is 3. The Morgan fingerprint density at radius 2 is 1.62 bits per heavy atom. The number of rotatable bonds is 12. The summed E-state index contributed by atoms with van der Waals surface area (Å²) < 4.78 is 11.5. The molecular weight excluding hydrogens is 404 g/mol. The van der Waals surface area contributed by atoms with Gasteiger partial charge < -0.3 is 24.8 Å². The van der Waals surface area contributed by atoms with Gasteiger partial charge in [-0.25, -0.2) is 0 Å². The molecule has 5 nitrogen and oxygen atoms in total. The summed E-state index contributed by atoms with van der Waals surface area (Å²) in [6.07, 6.45) is 7.96. The highest BCUT2D eigenvalue weighted by atomic mass is 16.5. The van der Waals surface area contributed by atoms with Crippen molar-refractivity contribution in [2.75, 3.05) is 7.11 Å². The molecule has 0 aromatic heterocycles. The van der Waals surface area contributed by atoms with Crippen LogP contribution in [-0.2, 0) is 19.8 Å². The van der Waals surface area contributed by atoms with Gasteiger partial charge in [0.15, 0.2) is 0 Å². The van der Waals surface area contributed by atoms with Crippen LogP contribution in [0.3, 0.4) is 0 Å². The highest BCUT2D eigenvalue weighted by molar-refractivity contribution is 5.69. The third kappa shape index (κ3) is 6.95. The van der Waals surface area contributed by atoms with E-state index in [1.165, 1.54) is 0 Å². The van der Waals surface area contributed by atoms with Gasteiger partial charge in [0.05, 0.1) is 25.9 Å². The molecule has 0 saturated carbocycles. The van der Waals surface area contributed by atoms with Crippen LogP contribution in [0.15, 0.2) is 54.6 Å². The van der Waals surface area contributed by atoms with E-state index in [0.29, 0.717) is 42.1 Å². The summed E-state index contributed by atoms with van der Waals surface area (Å²) in [6, 6.07) is 11.3. The van der Waals surface area contributed by atoms with Crippen molar-refractivity contribution in [3.63, 3.8) is 0 Å². The molecule has 0 spiro atoms. The molecule has 0 saturated heterocycles. The molecule has 0 heterocycles. The van der Waals surface area contributed by atoms with Crippen LogP contribution in [-0.4, -0.2) is 28.0 Å². The van der Waals surface area contributed by atoms with Crippen molar-refractivity contribution in [2.45, 2.75) is 65.5 Å². The average molecular weight is 441 g/mol. The minimum absolute atomic E-state index is 0.106. The van der Waals surface area contributed by atoms with Crippen molar-refractivity contribution >= 4 is 5.57 Å². The Kier molecular flexibility index (Phi) is 9.97. The number of benzene rings is 2. The van der Waals surface area contributed by atoms with E-state index in [2.05, 4.69) is 6.92 Å². The van der Waals surface area contributed by atoms with E-state index in [-0.39, 0.29) is 13.2 Å². The Labute approximate surface area is 191 Å². The molecule has 2 rings (SSSR count). The van der Waals surface area contributed by atoms with Gasteiger partial charge >= 0.3 is 0 Å². The molecule has 0 unspecified atom stereocenters. The molecule has 174 valence electrons. The maximum Gasteiger partial charge on any atom is 0.124 e. The fourth-order valence-electron chi connectivity index (χ4n) is 3.44. The van der Waals surface area contributed by atoms with Gasteiger partial charge in [-0.05, 0) is 65.3 Å². The van der Waals surface area contributed by atoms with Crippen molar-refractivity contribution < 1.29 is 24.8 Å².